The lowest BCUT2D eigenvalue weighted by Gasteiger charge is -2.19. The fourth-order valence-electron chi connectivity index (χ4n) is 1.26. The Kier molecular flexibility index (Phi) is 4.68. The zero-order valence-electron chi connectivity index (χ0n) is 10.7. The van der Waals surface area contributed by atoms with Gasteiger partial charge in [0, 0.05) is 12.3 Å². The van der Waals surface area contributed by atoms with Crippen molar-refractivity contribution in [3.05, 3.63) is 29.8 Å². The van der Waals surface area contributed by atoms with E-state index in [0.29, 0.717) is 5.41 Å². The summed E-state index contributed by atoms with van der Waals surface area (Å²) in [6.07, 6.45) is 1.16. The Bertz CT molecular complexity index is 363. The third kappa shape index (κ3) is 4.06. The Morgan fingerprint density at radius 1 is 1.25 bits per heavy atom. The van der Waals surface area contributed by atoms with E-state index in [2.05, 4.69) is 66.2 Å². The van der Waals surface area contributed by atoms with Gasteiger partial charge in [-0.25, -0.2) is 0 Å². The van der Waals surface area contributed by atoms with Crippen molar-refractivity contribution in [2.24, 2.45) is 10.4 Å². The molecule has 0 heterocycles. The summed E-state index contributed by atoms with van der Waals surface area (Å²) in [5.74, 6) is 0. The molecule has 1 rings (SSSR count). The van der Waals surface area contributed by atoms with Crippen LogP contribution < -0.4 is 5.30 Å². The van der Waals surface area contributed by atoms with Crippen molar-refractivity contribution in [2.75, 3.05) is 6.54 Å². The highest BCUT2D eigenvalue weighted by Crippen LogP contribution is 2.20. The highest BCUT2D eigenvalue weighted by molar-refractivity contribution is 7.27. The largest absolute Gasteiger partial charge is 0.289 e. The summed E-state index contributed by atoms with van der Waals surface area (Å²) in [5, 5.41) is 1.21. The van der Waals surface area contributed by atoms with Gasteiger partial charge in [-0.1, -0.05) is 45.0 Å². The zero-order valence-corrected chi connectivity index (χ0v) is 11.9. The van der Waals surface area contributed by atoms with Crippen molar-refractivity contribution in [3.63, 3.8) is 0 Å². The molecule has 88 valence electrons. The van der Waals surface area contributed by atoms with Crippen LogP contribution in [0.25, 0.3) is 0 Å². The summed E-state index contributed by atoms with van der Waals surface area (Å²) in [7, 11) is 2.70. The second-order valence-electron chi connectivity index (χ2n) is 5.04. The molecule has 0 radical (unpaired) electrons. The van der Waals surface area contributed by atoms with Gasteiger partial charge in [0.25, 0.3) is 0 Å². The normalized spacial score (nSPS) is 12.9. The number of benzene rings is 1. The van der Waals surface area contributed by atoms with E-state index in [-0.39, 0.29) is 0 Å². The van der Waals surface area contributed by atoms with E-state index in [4.69, 9.17) is 0 Å². The number of hydrogen-bond donors (Lipinski definition) is 0. The first kappa shape index (κ1) is 13.4. The van der Waals surface area contributed by atoms with Crippen molar-refractivity contribution in [1.82, 2.24) is 0 Å². The molecule has 2 heteroatoms. The second-order valence-corrected chi connectivity index (χ2v) is 5.71. The fourth-order valence-corrected chi connectivity index (χ4v) is 1.45. The molecule has 0 amide bonds. The SMILES string of the molecule is CCC(C)(C)C/N=C(\C)c1ccc(P)cc1. The van der Waals surface area contributed by atoms with Crippen molar-refractivity contribution >= 4 is 20.3 Å². The van der Waals surface area contributed by atoms with Crippen LogP contribution in [0.3, 0.4) is 0 Å². The van der Waals surface area contributed by atoms with E-state index in [1.165, 1.54) is 10.9 Å². The van der Waals surface area contributed by atoms with Crippen LogP contribution in [0, 0.1) is 5.41 Å². The average molecular weight is 235 g/mol. The maximum Gasteiger partial charge on any atom is 0.0443 e. The minimum atomic E-state index is 0.307. The fraction of sp³-hybridized carbons (Fsp3) is 0.500. The molecule has 0 bridgehead atoms. The summed E-state index contributed by atoms with van der Waals surface area (Å²) in [5.41, 5.74) is 2.66. The van der Waals surface area contributed by atoms with Crippen LogP contribution in [0.1, 0.15) is 39.7 Å². The predicted molar refractivity (Wildman–Crippen MR) is 76.9 cm³/mol. The van der Waals surface area contributed by atoms with Crippen molar-refractivity contribution in [3.8, 4) is 0 Å². The van der Waals surface area contributed by atoms with Gasteiger partial charge in [0.05, 0.1) is 0 Å². The second kappa shape index (κ2) is 5.59. The van der Waals surface area contributed by atoms with Gasteiger partial charge in [0.15, 0.2) is 0 Å². The standard InChI is InChI=1S/C14H22NP/c1-5-14(3,4)10-15-11(2)12-6-8-13(16)9-7-12/h6-9H,5,10,16H2,1-4H3/b15-11+. The molecule has 0 spiro atoms. The van der Waals surface area contributed by atoms with Crippen LogP contribution in [0.5, 0.6) is 0 Å². The van der Waals surface area contributed by atoms with Gasteiger partial charge in [0.2, 0.25) is 0 Å². The van der Waals surface area contributed by atoms with Crippen molar-refractivity contribution in [2.45, 2.75) is 34.1 Å². The molecule has 0 aromatic heterocycles. The molecule has 0 N–H and O–H groups in total. The number of hydrogen-bond acceptors (Lipinski definition) is 1. The minimum Gasteiger partial charge on any atom is -0.289 e. The monoisotopic (exact) mass is 235 g/mol. The molecule has 1 nitrogen and oxygen atoms in total. The zero-order chi connectivity index (χ0) is 12.2. The van der Waals surface area contributed by atoms with E-state index in [0.717, 1.165) is 18.7 Å². The molecule has 0 aliphatic heterocycles. The highest BCUT2D eigenvalue weighted by Gasteiger charge is 2.13. The molecular formula is C14H22NP. The van der Waals surface area contributed by atoms with Gasteiger partial charge in [0.1, 0.15) is 0 Å². The first-order valence-corrected chi connectivity index (χ1v) is 6.39. The van der Waals surface area contributed by atoms with Crippen LogP contribution in [-0.4, -0.2) is 12.3 Å². The summed E-state index contributed by atoms with van der Waals surface area (Å²) in [4.78, 5) is 4.68. The van der Waals surface area contributed by atoms with E-state index < -0.39 is 0 Å². The van der Waals surface area contributed by atoms with Gasteiger partial charge in [-0.2, -0.15) is 0 Å². The third-order valence-electron chi connectivity index (χ3n) is 3.03. The first-order chi connectivity index (χ1) is 7.44. The minimum absolute atomic E-state index is 0.307. The maximum atomic E-state index is 4.68. The Morgan fingerprint density at radius 2 is 1.81 bits per heavy atom. The van der Waals surface area contributed by atoms with Crippen LogP contribution >= 0.6 is 9.24 Å². The number of nitrogens with zero attached hydrogens (tertiary/aromatic N) is 1. The molecular weight excluding hydrogens is 213 g/mol. The predicted octanol–water partition coefficient (Wildman–Crippen LogP) is 3.43. The van der Waals surface area contributed by atoms with Crippen molar-refractivity contribution in [1.29, 1.82) is 0 Å². The number of aliphatic imine (C=N–C) groups is 1. The molecule has 16 heavy (non-hydrogen) atoms. The quantitative estimate of drug-likeness (QED) is 0.560. The molecule has 1 aromatic rings. The van der Waals surface area contributed by atoms with Gasteiger partial charge in [-0.15, -0.1) is 9.24 Å². The van der Waals surface area contributed by atoms with Crippen LogP contribution in [0.4, 0.5) is 0 Å². The van der Waals surface area contributed by atoms with E-state index in [1.807, 2.05) is 0 Å². The van der Waals surface area contributed by atoms with Gasteiger partial charge < -0.3 is 0 Å². The van der Waals surface area contributed by atoms with Gasteiger partial charge in [-0.3, -0.25) is 4.99 Å². The maximum absolute atomic E-state index is 4.68. The molecule has 0 fully saturated rings. The highest BCUT2D eigenvalue weighted by atomic mass is 31.0. The molecule has 1 unspecified atom stereocenters. The van der Waals surface area contributed by atoms with Crippen LogP contribution in [0.2, 0.25) is 0 Å². The van der Waals surface area contributed by atoms with Crippen molar-refractivity contribution < 1.29 is 0 Å². The molecule has 0 saturated heterocycles. The molecule has 1 atom stereocenters. The molecule has 0 aliphatic carbocycles. The smallest absolute Gasteiger partial charge is 0.0443 e. The Morgan fingerprint density at radius 3 is 2.31 bits per heavy atom. The third-order valence-corrected chi connectivity index (χ3v) is 3.41. The lowest BCUT2D eigenvalue weighted by atomic mass is 9.90. The topological polar surface area (TPSA) is 12.4 Å². The first-order valence-electron chi connectivity index (χ1n) is 5.81. The molecule has 0 saturated carbocycles. The Balaban J connectivity index is 2.74. The number of rotatable bonds is 4. The summed E-state index contributed by atoms with van der Waals surface area (Å²) >= 11 is 0. The summed E-state index contributed by atoms with van der Waals surface area (Å²) < 4.78 is 0. The Labute approximate surface area is 102 Å². The Hall–Kier alpha value is -0.680. The molecule has 0 aliphatic rings. The van der Waals surface area contributed by atoms with E-state index >= 15 is 0 Å². The lowest BCUT2D eigenvalue weighted by Crippen LogP contribution is -2.15. The molecule has 1 aromatic carbocycles. The summed E-state index contributed by atoms with van der Waals surface area (Å²) in [6.45, 7) is 9.72. The van der Waals surface area contributed by atoms with E-state index in [1.54, 1.807) is 0 Å². The van der Waals surface area contributed by atoms with Gasteiger partial charge >= 0.3 is 0 Å². The van der Waals surface area contributed by atoms with Crippen LogP contribution in [-0.2, 0) is 0 Å². The van der Waals surface area contributed by atoms with E-state index in [9.17, 15) is 0 Å². The lowest BCUT2D eigenvalue weighted by molar-refractivity contribution is 0.366. The average Bonchev–Trinajstić information content (AvgIpc) is 2.27. The van der Waals surface area contributed by atoms with Crippen LogP contribution in [0.15, 0.2) is 29.3 Å². The summed E-state index contributed by atoms with van der Waals surface area (Å²) in [6, 6.07) is 8.45. The van der Waals surface area contributed by atoms with Gasteiger partial charge in [-0.05, 0) is 29.6 Å².